The van der Waals surface area contributed by atoms with Gasteiger partial charge in [0.1, 0.15) is 12.4 Å². The second-order valence-corrected chi connectivity index (χ2v) is 5.43. The molecule has 1 atom stereocenters. The van der Waals surface area contributed by atoms with Gasteiger partial charge in [-0.1, -0.05) is 12.1 Å². The van der Waals surface area contributed by atoms with Crippen LogP contribution in [0.1, 0.15) is 28.5 Å². The molecule has 18 heavy (non-hydrogen) atoms. The van der Waals surface area contributed by atoms with E-state index in [9.17, 15) is 0 Å². The summed E-state index contributed by atoms with van der Waals surface area (Å²) in [6, 6.07) is 6.82. The van der Waals surface area contributed by atoms with Gasteiger partial charge in [0.05, 0.1) is 10.4 Å². The number of benzene rings is 1. The lowest BCUT2D eigenvalue weighted by molar-refractivity contribution is 0.306. The van der Waals surface area contributed by atoms with E-state index in [1.165, 1.54) is 11.1 Å². The second-order valence-electron chi connectivity index (χ2n) is 4.46. The van der Waals surface area contributed by atoms with Gasteiger partial charge >= 0.3 is 0 Å². The molecular weight excluding hydrogens is 244 g/mol. The van der Waals surface area contributed by atoms with Gasteiger partial charge in [0.25, 0.3) is 0 Å². The fourth-order valence-corrected chi connectivity index (χ4v) is 3.02. The first-order valence-electron chi connectivity index (χ1n) is 6.17. The summed E-state index contributed by atoms with van der Waals surface area (Å²) >= 11 is 1.63. The first-order chi connectivity index (χ1) is 8.88. The van der Waals surface area contributed by atoms with Crippen molar-refractivity contribution in [1.82, 2.24) is 10.3 Å². The average Bonchev–Trinajstić information content (AvgIpc) is 3.05. The molecule has 1 aromatic carbocycles. The van der Waals surface area contributed by atoms with E-state index >= 15 is 0 Å². The number of nitrogens with one attached hydrogen (secondary N) is 1. The molecule has 0 radical (unpaired) electrons. The summed E-state index contributed by atoms with van der Waals surface area (Å²) in [5, 5.41) is 3.35. The first-order valence-corrected chi connectivity index (χ1v) is 7.05. The van der Waals surface area contributed by atoms with E-state index in [-0.39, 0.29) is 0 Å². The summed E-state index contributed by atoms with van der Waals surface area (Å²) in [7, 11) is 2.02. The molecule has 0 saturated carbocycles. The Hall–Kier alpha value is -1.39. The van der Waals surface area contributed by atoms with Crippen LogP contribution in [0.15, 0.2) is 29.9 Å². The van der Waals surface area contributed by atoms with Crippen molar-refractivity contribution >= 4 is 11.3 Å². The molecule has 0 amide bonds. The average molecular weight is 260 g/mol. The monoisotopic (exact) mass is 260 g/mol. The topological polar surface area (TPSA) is 34.1 Å². The second kappa shape index (κ2) is 5.08. The number of fused-ring (bicyclic) bond motifs is 1. The summed E-state index contributed by atoms with van der Waals surface area (Å²) in [6.45, 7) is 0.616. The minimum absolute atomic E-state index is 0.479. The van der Waals surface area contributed by atoms with E-state index in [1.807, 2.05) is 18.8 Å². The number of hydrogen-bond acceptors (Lipinski definition) is 4. The van der Waals surface area contributed by atoms with Crippen molar-refractivity contribution in [2.45, 2.75) is 25.5 Å². The highest BCUT2D eigenvalue weighted by molar-refractivity contribution is 7.09. The zero-order chi connectivity index (χ0) is 12.4. The predicted molar refractivity (Wildman–Crippen MR) is 73.0 cm³/mol. The third-order valence-electron chi connectivity index (χ3n) is 3.43. The fourth-order valence-electron chi connectivity index (χ4n) is 2.52. The van der Waals surface area contributed by atoms with Crippen LogP contribution in [0.5, 0.6) is 5.75 Å². The molecule has 0 fully saturated rings. The minimum Gasteiger partial charge on any atom is -0.488 e. The van der Waals surface area contributed by atoms with Crippen LogP contribution >= 0.6 is 11.3 Å². The smallest absolute Gasteiger partial charge is 0.124 e. The largest absolute Gasteiger partial charge is 0.488 e. The number of ether oxygens (including phenoxy) is 1. The molecule has 2 aromatic rings. The van der Waals surface area contributed by atoms with Crippen molar-refractivity contribution in [2.24, 2.45) is 0 Å². The van der Waals surface area contributed by atoms with Crippen molar-refractivity contribution in [3.63, 3.8) is 0 Å². The Bertz CT molecular complexity index is 525. The Labute approximate surface area is 111 Å². The van der Waals surface area contributed by atoms with E-state index in [0.29, 0.717) is 12.6 Å². The van der Waals surface area contributed by atoms with Gasteiger partial charge in [-0.15, -0.1) is 11.3 Å². The van der Waals surface area contributed by atoms with Gasteiger partial charge in [0.15, 0.2) is 0 Å². The van der Waals surface area contributed by atoms with Gasteiger partial charge in [-0.25, -0.2) is 0 Å². The normalized spacial score (nSPS) is 17.7. The van der Waals surface area contributed by atoms with Crippen LogP contribution in [0, 0.1) is 0 Å². The van der Waals surface area contributed by atoms with E-state index in [2.05, 4.69) is 28.5 Å². The number of aromatic nitrogens is 1. The van der Waals surface area contributed by atoms with Crippen LogP contribution in [0.3, 0.4) is 0 Å². The Morgan fingerprint density at radius 3 is 3.22 bits per heavy atom. The maximum absolute atomic E-state index is 5.93. The van der Waals surface area contributed by atoms with Crippen LogP contribution in [0.2, 0.25) is 0 Å². The highest BCUT2D eigenvalue weighted by atomic mass is 32.1. The molecule has 94 valence electrons. The summed E-state index contributed by atoms with van der Waals surface area (Å²) in [6.07, 6.45) is 4.12. The van der Waals surface area contributed by atoms with Gasteiger partial charge < -0.3 is 10.1 Å². The van der Waals surface area contributed by atoms with E-state index < -0.39 is 0 Å². The summed E-state index contributed by atoms with van der Waals surface area (Å²) in [5.74, 6) is 1.03. The molecule has 1 unspecified atom stereocenters. The molecule has 0 bridgehead atoms. The number of rotatable bonds is 4. The summed E-state index contributed by atoms with van der Waals surface area (Å²) in [5.41, 5.74) is 4.59. The molecule has 0 aliphatic heterocycles. The van der Waals surface area contributed by atoms with Crippen molar-refractivity contribution in [3.8, 4) is 5.75 Å². The van der Waals surface area contributed by atoms with Crippen molar-refractivity contribution < 1.29 is 4.74 Å². The Morgan fingerprint density at radius 1 is 1.50 bits per heavy atom. The van der Waals surface area contributed by atoms with Gasteiger partial charge in [-0.05, 0) is 37.1 Å². The lowest BCUT2D eigenvalue weighted by Crippen LogP contribution is -2.12. The van der Waals surface area contributed by atoms with Gasteiger partial charge in [-0.2, -0.15) is 0 Å². The van der Waals surface area contributed by atoms with E-state index in [1.54, 1.807) is 11.3 Å². The maximum atomic E-state index is 5.93. The Kier molecular flexibility index (Phi) is 3.30. The molecule has 3 rings (SSSR count). The molecule has 0 spiro atoms. The van der Waals surface area contributed by atoms with Crippen LogP contribution in [-0.2, 0) is 13.0 Å². The van der Waals surface area contributed by atoms with Gasteiger partial charge in [-0.3, -0.25) is 4.98 Å². The third kappa shape index (κ3) is 2.13. The van der Waals surface area contributed by atoms with E-state index in [0.717, 1.165) is 23.5 Å². The zero-order valence-corrected chi connectivity index (χ0v) is 11.2. The molecule has 1 aliphatic rings. The van der Waals surface area contributed by atoms with Crippen LogP contribution in [-0.4, -0.2) is 12.0 Å². The molecule has 0 saturated heterocycles. The van der Waals surface area contributed by atoms with Crippen molar-refractivity contribution in [1.29, 1.82) is 0 Å². The van der Waals surface area contributed by atoms with E-state index in [4.69, 9.17) is 4.74 Å². The number of nitrogens with zero attached hydrogens (tertiary/aromatic N) is 1. The first kappa shape index (κ1) is 11.7. The van der Waals surface area contributed by atoms with Crippen LogP contribution in [0.4, 0.5) is 0 Å². The lowest BCUT2D eigenvalue weighted by atomic mass is 10.1. The molecule has 1 aromatic heterocycles. The van der Waals surface area contributed by atoms with Crippen LogP contribution < -0.4 is 10.1 Å². The lowest BCUT2D eigenvalue weighted by Gasteiger charge is -2.12. The SMILES string of the molecule is CNC1CCc2c(OCc3cncs3)cccc21. The zero-order valence-electron chi connectivity index (χ0n) is 10.3. The molecule has 4 heteroatoms. The van der Waals surface area contributed by atoms with Gasteiger partial charge in [0.2, 0.25) is 0 Å². The van der Waals surface area contributed by atoms with Crippen molar-refractivity contribution in [2.75, 3.05) is 7.05 Å². The van der Waals surface area contributed by atoms with Crippen molar-refractivity contribution in [3.05, 3.63) is 45.9 Å². The quantitative estimate of drug-likeness (QED) is 0.917. The fraction of sp³-hybridized carbons (Fsp3) is 0.357. The Balaban J connectivity index is 1.79. The predicted octanol–water partition coefficient (Wildman–Crippen LogP) is 2.93. The number of thiazole rings is 1. The summed E-state index contributed by atoms with van der Waals surface area (Å²) < 4.78 is 5.93. The van der Waals surface area contributed by atoms with Gasteiger partial charge in [0, 0.05) is 12.2 Å². The molecular formula is C14H16N2OS. The minimum atomic E-state index is 0.479. The third-order valence-corrected chi connectivity index (χ3v) is 4.18. The summed E-state index contributed by atoms with van der Waals surface area (Å²) in [4.78, 5) is 5.22. The maximum Gasteiger partial charge on any atom is 0.124 e. The highest BCUT2D eigenvalue weighted by Gasteiger charge is 2.23. The molecule has 1 heterocycles. The molecule has 1 aliphatic carbocycles. The highest BCUT2D eigenvalue weighted by Crippen LogP contribution is 2.36. The standard InChI is InChI=1S/C14H16N2OS/c1-15-13-6-5-12-11(13)3-2-4-14(12)17-8-10-7-16-9-18-10/h2-4,7,9,13,15H,5-6,8H2,1H3. The Morgan fingerprint density at radius 2 is 2.44 bits per heavy atom. The number of hydrogen-bond donors (Lipinski definition) is 1. The molecule has 3 nitrogen and oxygen atoms in total. The molecule has 1 N–H and O–H groups in total. The van der Waals surface area contributed by atoms with Crippen LogP contribution in [0.25, 0.3) is 0 Å².